The Labute approximate surface area is 70.9 Å². The van der Waals surface area contributed by atoms with Gasteiger partial charge in [0.2, 0.25) is 5.91 Å². The number of dihydropyridines is 1. The molecule has 0 spiro atoms. The highest BCUT2D eigenvalue weighted by atomic mass is 16.2. The van der Waals surface area contributed by atoms with Crippen LogP contribution in [-0.4, -0.2) is 18.2 Å². The predicted molar refractivity (Wildman–Crippen MR) is 46.8 cm³/mol. The molecule has 0 bridgehead atoms. The molecule has 62 valence electrons. The van der Waals surface area contributed by atoms with Crippen molar-refractivity contribution in [2.24, 2.45) is 10.9 Å². The van der Waals surface area contributed by atoms with Crippen LogP contribution in [0.15, 0.2) is 28.9 Å². The fourth-order valence-corrected chi connectivity index (χ4v) is 1.49. The third kappa shape index (κ3) is 1.07. The number of rotatable bonds is 0. The van der Waals surface area contributed by atoms with Crippen LogP contribution < -0.4 is 5.32 Å². The van der Waals surface area contributed by atoms with E-state index in [4.69, 9.17) is 0 Å². The molecule has 2 atom stereocenters. The summed E-state index contributed by atoms with van der Waals surface area (Å²) in [6.07, 6.45) is 7.42. The molecule has 2 heterocycles. The van der Waals surface area contributed by atoms with E-state index in [0.717, 1.165) is 5.70 Å². The Morgan fingerprint density at radius 1 is 1.58 bits per heavy atom. The summed E-state index contributed by atoms with van der Waals surface area (Å²) in [5.74, 6) is -0.0493. The second-order valence-electron chi connectivity index (χ2n) is 3.04. The van der Waals surface area contributed by atoms with E-state index >= 15 is 0 Å². The Balaban J connectivity index is 2.34. The van der Waals surface area contributed by atoms with E-state index in [2.05, 4.69) is 10.3 Å². The molecule has 1 unspecified atom stereocenters. The van der Waals surface area contributed by atoms with Gasteiger partial charge in [-0.3, -0.25) is 9.79 Å². The predicted octanol–water partition coefficient (Wildman–Crippen LogP) is 0.645. The number of nitrogens with zero attached hydrogens (tertiary/aromatic N) is 1. The molecule has 0 saturated carbocycles. The molecule has 0 fully saturated rings. The van der Waals surface area contributed by atoms with Gasteiger partial charge in [-0.15, -0.1) is 0 Å². The minimum atomic E-state index is -0.0984. The number of carbonyl (C=O) groups excluding carboxylic acids is 1. The largest absolute Gasteiger partial charge is 0.330 e. The third-order valence-corrected chi connectivity index (χ3v) is 2.07. The third-order valence-electron chi connectivity index (χ3n) is 2.07. The van der Waals surface area contributed by atoms with Crippen molar-refractivity contribution in [3.8, 4) is 0 Å². The smallest absolute Gasteiger partial charge is 0.233 e. The number of hydrogen-bond donors (Lipinski definition) is 1. The highest BCUT2D eigenvalue weighted by Crippen LogP contribution is 2.19. The van der Waals surface area contributed by atoms with Crippen LogP contribution in [0.25, 0.3) is 0 Å². The van der Waals surface area contributed by atoms with Crippen LogP contribution in [-0.2, 0) is 4.79 Å². The SMILES string of the molecule is CC1=C[C@H]2N=CC=CC2C(=O)N1. The maximum absolute atomic E-state index is 11.4. The quantitative estimate of drug-likeness (QED) is 0.558. The van der Waals surface area contributed by atoms with Crippen molar-refractivity contribution in [2.75, 3.05) is 0 Å². The molecular weight excluding hydrogens is 152 g/mol. The average molecular weight is 162 g/mol. The molecule has 0 saturated heterocycles. The molecule has 0 aromatic rings. The highest BCUT2D eigenvalue weighted by molar-refractivity contribution is 5.87. The Bertz CT molecular complexity index is 302. The molecule has 2 aliphatic heterocycles. The second-order valence-corrected chi connectivity index (χ2v) is 3.04. The number of nitrogens with one attached hydrogen (secondary N) is 1. The molecule has 0 aromatic carbocycles. The molecule has 1 amide bonds. The van der Waals surface area contributed by atoms with Crippen LogP contribution in [0, 0.1) is 5.92 Å². The zero-order valence-electron chi connectivity index (χ0n) is 6.82. The first kappa shape index (κ1) is 7.28. The molecule has 0 aliphatic carbocycles. The van der Waals surface area contributed by atoms with Crippen LogP contribution in [0.2, 0.25) is 0 Å². The first-order chi connectivity index (χ1) is 5.77. The minimum absolute atomic E-state index is 0.0174. The molecule has 2 rings (SSSR count). The Kier molecular flexibility index (Phi) is 1.57. The molecule has 3 nitrogen and oxygen atoms in total. The van der Waals surface area contributed by atoms with Gasteiger partial charge in [0.1, 0.15) is 0 Å². The number of carbonyl (C=O) groups is 1. The monoisotopic (exact) mass is 162 g/mol. The zero-order chi connectivity index (χ0) is 8.55. The Morgan fingerprint density at radius 2 is 2.42 bits per heavy atom. The zero-order valence-corrected chi connectivity index (χ0v) is 6.82. The van der Waals surface area contributed by atoms with Gasteiger partial charge in [0.05, 0.1) is 12.0 Å². The Hall–Kier alpha value is -1.38. The van der Waals surface area contributed by atoms with E-state index in [1.54, 1.807) is 6.21 Å². The molecule has 12 heavy (non-hydrogen) atoms. The summed E-state index contributed by atoms with van der Waals surface area (Å²) >= 11 is 0. The summed E-state index contributed by atoms with van der Waals surface area (Å²) in [6.45, 7) is 1.88. The number of amides is 1. The number of fused-ring (bicyclic) bond motifs is 1. The summed E-state index contributed by atoms with van der Waals surface area (Å²) in [4.78, 5) is 15.6. The van der Waals surface area contributed by atoms with Crippen molar-refractivity contribution >= 4 is 12.1 Å². The van der Waals surface area contributed by atoms with Crippen molar-refractivity contribution in [3.63, 3.8) is 0 Å². The van der Waals surface area contributed by atoms with Gasteiger partial charge in [0.15, 0.2) is 0 Å². The van der Waals surface area contributed by atoms with E-state index in [0.29, 0.717) is 0 Å². The van der Waals surface area contributed by atoms with Gasteiger partial charge >= 0.3 is 0 Å². The first-order valence-electron chi connectivity index (χ1n) is 3.96. The number of allylic oxidation sites excluding steroid dienone is 2. The highest BCUT2D eigenvalue weighted by Gasteiger charge is 2.28. The van der Waals surface area contributed by atoms with Crippen LogP contribution in [0.1, 0.15) is 6.92 Å². The summed E-state index contributed by atoms with van der Waals surface area (Å²) in [6, 6.07) is 0.0174. The van der Waals surface area contributed by atoms with Crippen LogP contribution >= 0.6 is 0 Å². The van der Waals surface area contributed by atoms with Gasteiger partial charge < -0.3 is 5.32 Å². The standard InChI is InChI=1S/C9H10N2O/c1-6-5-8-7(9(12)11-6)3-2-4-10-8/h2-5,7-8H,1H3,(H,11,12)/t7?,8-/m1/s1. The second kappa shape index (κ2) is 2.59. The first-order valence-corrected chi connectivity index (χ1v) is 3.96. The van der Waals surface area contributed by atoms with E-state index in [-0.39, 0.29) is 17.9 Å². The number of aliphatic imine (C=N–C) groups is 1. The topological polar surface area (TPSA) is 41.5 Å². The fourth-order valence-electron chi connectivity index (χ4n) is 1.49. The fraction of sp³-hybridized carbons (Fsp3) is 0.333. The van der Waals surface area contributed by atoms with Gasteiger partial charge in [-0.25, -0.2) is 0 Å². The van der Waals surface area contributed by atoms with E-state index in [1.165, 1.54) is 0 Å². The van der Waals surface area contributed by atoms with Crippen molar-refractivity contribution in [3.05, 3.63) is 23.9 Å². The lowest BCUT2D eigenvalue weighted by molar-refractivity contribution is -0.123. The molecule has 0 aromatic heterocycles. The maximum Gasteiger partial charge on any atom is 0.233 e. The van der Waals surface area contributed by atoms with Crippen molar-refractivity contribution in [2.45, 2.75) is 13.0 Å². The lowest BCUT2D eigenvalue weighted by Gasteiger charge is -2.25. The summed E-state index contributed by atoms with van der Waals surface area (Å²) in [7, 11) is 0. The van der Waals surface area contributed by atoms with Crippen molar-refractivity contribution in [1.82, 2.24) is 5.32 Å². The van der Waals surface area contributed by atoms with Gasteiger partial charge in [0, 0.05) is 11.9 Å². The van der Waals surface area contributed by atoms with Crippen LogP contribution in [0.3, 0.4) is 0 Å². The Morgan fingerprint density at radius 3 is 3.25 bits per heavy atom. The normalized spacial score (nSPS) is 32.4. The van der Waals surface area contributed by atoms with E-state index in [1.807, 2.05) is 25.2 Å². The lowest BCUT2D eigenvalue weighted by Crippen LogP contribution is -2.39. The van der Waals surface area contributed by atoms with Crippen LogP contribution in [0.5, 0.6) is 0 Å². The van der Waals surface area contributed by atoms with Gasteiger partial charge in [0.25, 0.3) is 0 Å². The minimum Gasteiger partial charge on any atom is -0.330 e. The van der Waals surface area contributed by atoms with Gasteiger partial charge in [-0.05, 0) is 19.1 Å². The maximum atomic E-state index is 11.4. The average Bonchev–Trinajstić information content (AvgIpc) is 2.04. The summed E-state index contributed by atoms with van der Waals surface area (Å²) in [5, 5.41) is 2.78. The molecule has 1 N–H and O–H groups in total. The molecular formula is C9H10N2O. The van der Waals surface area contributed by atoms with Crippen molar-refractivity contribution < 1.29 is 4.79 Å². The van der Waals surface area contributed by atoms with E-state index < -0.39 is 0 Å². The molecule has 3 heteroatoms. The molecule has 0 radical (unpaired) electrons. The summed E-state index contributed by atoms with van der Waals surface area (Å²) < 4.78 is 0. The van der Waals surface area contributed by atoms with Gasteiger partial charge in [-0.2, -0.15) is 0 Å². The van der Waals surface area contributed by atoms with Crippen molar-refractivity contribution in [1.29, 1.82) is 0 Å². The summed E-state index contributed by atoms with van der Waals surface area (Å²) in [5.41, 5.74) is 0.897. The van der Waals surface area contributed by atoms with E-state index in [9.17, 15) is 4.79 Å². The number of hydrogen-bond acceptors (Lipinski definition) is 2. The van der Waals surface area contributed by atoms with Gasteiger partial charge in [-0.1, -0.05) is 6.08 Å². The lowest BCUT2D eigenvalue weighted by atomic mass is 9.93. The molecule has 2 aliphatic rings. The van der Waals surface area contributed by atoms with Crippen LogP contribution in [0.4, 0.5) is 0 Å².